The second kappa shape index (κ2) is 11.2. The lowest BCUT2D eigenvalue weighted by molar-refractivity contribution is -0.139. The molecule has 0 aromatic heterocycles. The Balaban J connectivity index is 1.52. The van der Waals surface area contributed by atoms with Gasteiger partial charge in [0.2, 0.25) is 0 Å². The summed E-state index contributed by atoms with van der Waals surface area (Å²) in [4.78, 5) is 29.0. The molecular weight excluding hydrogens is 376 g/mol. The quantitative estimate of drug-likeness (QED) is 0.509. The van der Waals surface area contributed by atoms with Crippen LogP contribution in [0.5, 0.6) is 0 Å². The van der Waals surface area contributed by atoms with E-state index in [0.29, 0.717) is 13.1 Å². The van der Waals surface area contributed by atoms with Crippen molar-refractivity contribution >= 4 is 17.5 Å². The minimum atomic E-state index is -0.540. The number of rotatable bonds is 8. The summed E-state index contributed by atoms with van der Waals surface area (Å²) in [6.45, 7) is 3.02. The summed E-state index contributed by atoms with van der Waals surface area (Å²) in [5, 5.41) is 5.64. The molecule has 1 fully saturated rings. The minimum Gasteiger partial charge on any atom is -0.378 e. The Morgan fingerprint density at radius 1 is 1.00 bits per heavy atom. The molecule has 1 aliphatic carbocycles. The van der Waals surface area contributed by atoms with Crippen LogP contribution in [-0.4, -0.2) is 57.0 Å². The number of hydrogen-bond acceptors (Lipinski definition) is 4. The zero-order valence-corrected chi connectivity index (χ0v) is 18.5. The first-order chi connectivity index (χ1) is 14.5. The maximum absolute atomic E-state index is 12.4. The number of allylic oxidation sites excluding steroid dienone is 1. The van der Waals surface area contributed by atoms with E-state index in [1.165, 1.54) is 36.8 Å². The highest BCUT2D eigenvalue weighted by Crippen LogP contribution is 2.26. The minimum absolute atomic E-state index is 0.0906. The molecule has 30 heavy (non-hydrogen) atoms. The molecule has 6 heteroatoms. The summed E-state index contributed by atoms with van der Waals surface area (Å²) in [5.41, 5.74) is 3.72. The van der Waals surface area contributed by atoms with E-state index in [0.717, 1.165) is 38.0 Å². The number of nitrogens with zero attached hydrogens (tertiary/aromatic N) is 2. The molecule has 1 heterocycles. The number of carbonyl (C=O) groups is 2. The van der Waals surface area contributed by atoms with Crippen molar-refractivity contribution in [1.29, 1.82) is 0 Å². The van der Waals surface area contributed by atoms with E-state index in [1.807, 2.05) is 14.1 Å². The third kappa shape index (κ3) is 6.33. The maximum Gasteiger partial charge on any atom is 0.309 e. The SMILES string of the molecule is CN(C)c1ccc(C(CNC(=O)C(=O)NCCC2=CCCCC2)N2CCCC2)cc1. The van der Waals surface area contributed by atoms with Gasteiger partial charge in [-0.05, 0) is 75.7 Å². The first-order valence-electron chi connectivity index (χ1n) is 11.3. The van der Waals surface area contributed by atoms with Gasteiger partial charge < -0.3 is 15.5 Å². The van der Waals surface area contributed by atoms with Gasteiger partial charge in [0.15, 0.2) is 0 Å². The molecule has 1 aliphatic heterocycles. The fourth-order valence-electron chi connectivity index (χ4n) is 4.32. The molecule has 2 aliphatic rings. The van der Waals surface area contributed by atoms with Crippen LogP contribution < -0.4 is 15.5 Å². The first-order valence-corrected chi connectivity index (χ1v) is 11.3. The van der Waals surface area contributed by atoms with Crippen LogP contribution in [0.25, 0.3) is 0 Å². The Bertz CT molecular complexity index is 736. The number of hydrogen-bond donors (Lipinski definition) is 2. The van der Waals surface area contributed by atoms with E-state index in [2.05, 4.69) is 50.8 Å². The summed E-state index contributed by atoms with van der Waals surface area (Å²) in [6.07, 6.45) is 10.2. The largest absolute Gasteiger partial charge is 0.378 e. The molecule has 2 N–H and O–H groups in total. The molecule has 1 saturated heterocycles. The van der Waals surface area contributed by atoms with Crippen LogP contribution in [0.1, 0.15) is 56.6 Å². The van der Waals surface area contributed by atoms with E-state index in [4.69, 9.17) is 0 Å². The van der Waals surface area contributed by atoms with Gasteiger partial charge in [-0.1, -0.05) is 23.8 Å². The summed E-state index contributed by atoms with van der Waals surface area (Å²) >= 11 is 0. The van der Waals surface area contributed by atoms with Crippen LogP contribution in [0, 0.1) is 0 Å². The van der Waals surface area contributed by atoms with Gasteiger partial charge in [-0.25, -0.2) is 0 Å². The Kier molecular flexibility index (Phi) is 8.31. The zero-order valence-electron chi connectivity index (χ0n) is 18.5. The highest BCUT2D eigenvalue weighted by atomic mass is 16.2. The lowest BCUT2D eigenvalue weighted by Gasteiger charge is -2.28. The van der Waals surface area contributed by atoms with Crippen molar-refractivity contribution in [3.63, 3.8) is 0 Å². The van der Waals surface area contributed by atoms with E-state index in [9.17, 15) is 9.59 Å². The van der Waals surface area contributed by atoms with Crippen molar-refractivity contribution in [2.75, 3.05) is 45.2 Å². The normalized spacial score (nSPS) is 17.9. The van der Waals surface area contributed by atoms with Crippen LogP contribution in [0.15, 0.2) is 35.9 Å². The maximum atomic E-state index is 12.4. The molecule has 6 nitrogen and oxygen atoms in total. The van der Waals surface area contributed by atoms with Crippen molar-refractivity contribution in [2.24, 2.45) is 0 Å². The molecule has 164 valence electrons. The third-order valence-electron chi connectivity index (χ3n) is 6.15. The van der Waals surface area contributed by atoms with Gasteiger partial charge in [0, 0.05) is 32.9 Å². The number of benzene rings is 1. The van der Waals surface area contributed by atoms with Crippen LogP contribution >= 0.6 is 0 Å². The summed E-state index contributed by atoms with van der Waals surface area (Å²) < 4.78 is 0. The zero-order chi connectivity index (χ0) is 21.3. The average Bonchev–Trinajstić information content (AvgIpc) is 3.29. The van der Waals surface area contributed by atoms with Gasteiger partial charge in [-0.3, -0.25) is 14.5 Å². The molecule has 3 rings (SSSR count). The first kappa shape index (κ1) is 22.3. The summed E-state index contributed by atoms with van der Waals surface area (Å²) in [7, 11) is 4.05. The van der Waals surface area contributed by atoms with Crippen molar-refractivity contribution in [1.82, 2.24) is 15.5 Å². The highest BCUT2D eigenvalue weighted by molar-refractivity contribution is 6.35. The molecule has 0 spiro atoms. The molecule has 0 bridgehead atoms. The summed E-state index contributed by atoms with van der Waals surface area (Å²) in [6, 6.07) is 8.55. The Morgan fingerprint density at radius 3 is 2.33 bits per heavy atom. The lowest BCUT2D eigenvalue weighted by atomic mass is 9.97. The van der Waals surface area contributed by atoms with Gasteiger partial charge in [0.25, 0.3) is 0 Å². The van der Waals surface area contributed by atoms with Crippen molar-refractivity contribution in [3.8, 4) is 0 Å². The average molecular weight is 413 g/mol. The Labute approximate surface area is 180 Å². The number of carbonyl (C=O) groups excluding carboxylic acids is 2. The van der Waals surface area contributed by atoms with Gasteiger partial charge in [0.05, 0.1) is 6.04 Å². The van der Waals surface area contributed by atoms with Gasteiger partial charge in [-0.15, -0.1) is 0 Å². The molecule has 1 aromatic carbocycles. The predicted molar refractivity (Wildman–Crippen MR) is 122 cm³/mol. The predicted octanol–water partition coefficient (Wildman–Crippen LogP) is 3.01. The molecule has 1 unspecified atom stereocenters. The molecular formula is C24H36N4O2. The van der Waals surface area contributed by atoms with Crippen LogP contribution in [0.3, 0.4) is 0 Å². The van der Waals surface area contributed by atoms with Crippen LogP contribution in [-0.2, 0) is 9.59 Å². The number of likely N-dealkylation sites (tertiary alicyclic amines) is 1. The number of nitrogens with one attached hydrogen (secondary N) is 2. The van der Waals surface area contributed by atoms with Crippen molar-refractivity contribution < 1.29 is 9.59 Å². The van der Waals surface area contributed by atoms with E-state index >= 15 is 0 Å². The number of amides is 2. The van der Waals surface area contributed by atoms with Crippen molar-refractivity contribution in [3.05, 3.63) is 41.5 Å². The molecule has 0 saturated carbocycles. The van der Waals surface area contributed by atoms with Gasteiger partial charge in [0.1, 0.15) is 0 Å². The van der Waals surface area contributed by atoms with E-state index in [-0.39, 0.29) is 6.04 Å². The lowest BCUT2D eigenvalue weighted by Crippen LogP contribution is -2.44. The van der Waals surface area contributed by atoms with Gasteiger partial charge in [-0.2, -0.15) is 0 Å². The number of anilines is 1. The smallest absolute Gasteiger partial charge is 0.309 e. The topological polar surface area (TPSA) is 64.7 Å². The molecule has 1 atom stereocenters. The fraction of sp³-hybridized carbons (Fsp3) is 0.583. The summed E-state index contributed by atoms with van der Waals surface area (Å²) in [5.74, 6) is -1.07. The molecule has 2 amide bonds. The standard InChI is InChI=1S/C24H36N4O2/c1-27(2)21-12-10-20(11-13-21)22(28-16-6-7-17-28)18-26-24(30)23(29)25-15-14-19-8-4-3-5-9-19/h8,10-13,22H,3-7,9,14-18H2,1-2H3,(H,25,29)(H,26,30). The second-order valence-corrected chi connectivity index (χ2v) is 8.57. The highest BCUT2D eigenvalue weighted by Gasteiger charge is 2.25. The third-order valence-corrected chi connectivity index (χ3v) is 6.15. The van der Waals surface area contributed by atoms with Crippen LogP contribution in [0.4, 0.5) is 5.69 Å². The van der Waals surface area contributed by atoms with E-state index < -0.39 is 11.8 Å². The second-order valence-electron chi connectivity index (χ2n) is 8.57. The van der Waals surface area contributed by atoms with E-state index in [1.54, 1.807) is 0 Å². The van der Waals surface area contributed by atoms with Crippen molar-refractivity contribution in [2.45, 2.75) is 51.0 Å². The monoisotopic (exact) mass is 412 g/mol. The molecule has 1 aromatic rings. The fourth-order valence-corrected chi connectivity index (χ4v) is 4.32. The Hall–Kier alpha value is -2.34. The Morgan fingerprint density at radius 2 is 1.70 bits per heavy atom. The van der Waals surface area contributed by atoms with Crippen LogP contribution in [0.2, 0.25) is 0 Å². The molecule has 0 radical (unpaired) electrons. The van der Waals surface area contributed by atoms with Gasteiger partial charge >= 0.3 is 11.8 Å².